The minimum atomic E-state index is -3.62. The second-order valence-electron chi connectivity index (χ2n) is 9.73. The number of nitrogens with one attached hydrogen (secondary N) is 2. The molecule has 1 saturated carbocycles. The van der Waals surface area contributed by atoms with E-state index in [0.29, 0.717) is 5.69 Å². The fourth-order valence-electron chi connectivity index (χ4n) is 4.62. The average molecular weight is 496 g/mol. The van der Waals surface area contributed by atoms with Crippen LogP contribution in [0.1, 0.15) is 51.1 Å². The summed E-state index contributed by atoms with van der Waals surface area (Å²) in [6.07, 6.45) is 5.94. The molecule has 35 heavy (non-hydrogen) atoms. The van der Waals surface area contributed by atoms with Crippen molar-refractivity contribution in [2.75, 3.05) is 0 Å². The molecule has 1 atom stereocenters. The van der Waals surface area contributed by atoms with Gasteiger partial charge >= 0.3 is 0 Å². The Labute approximate surface area is 207 Å². The number of aromatic nitrogens is 1. The van der Waals surface area contributed by atoms with Crippen molar-refractivity contribution in [3.63, 3.8) is 0 Å². The van der Waals surface area contributed by atoms with Gasteiger partial charge in [-0.15, -0.1) is 0 Å². The molecule has 7 nitrogen and oxygen atoms in total. The summed E-state index contributed by atoms with van der Waals surface area (Å²) in [6.45, 7) is 7.83. The van der Waals surface area contributed by atoms with Gasteiger partial charge in [-0.2, -0.15) is 0 Å². The Hall–Kier alpha value is -2.94. The first-order valence-corrected chi connectivity index (χ1v) is 13.4. The monoisotopic (exact) mass is 495 g/mol. The predicted molar refractivity (Wildman–Crippen MR) is 136 cm³/mol. The van der Waals surface area contributed by atoms with Crippen LogP contribution in [0.4, 0.5) is 0 Å². The smallest absolute Gasteiger partial charge is 0.240 e. The highest BCUT2D eigenvalue weighted by Crippen LogP contribution is 2.33. The van der Waals surface area contributed by atoms with Gasteiger partial charge in [-0.3, -0.25) is 0 Å². The molecule has 0 aliphatic heterocycles. The Kier molecular flexibility index (Phi) is 7.44. The van der Waals surface area contributed by atoms with E-state index in [2.05, 4.69) is 21.6 Å². The number of hydrogen-bond donors (Lipinski definition) is 3. The zero-order valence-corrected chi connectivity index (χ0v) is 21.0. The van der Waals surface area contributed by atoms with E-state index in [1.807, 2.05) is 30.3 Å². The molecule has 186 valence electrons. The first-order chi connectivity index (χ1) is 16.6. The lowest BCUT2D eigenvalue weighted by molar-refractivity contribution is 0.0392. The van der Waals surface area contributed by atoms with E-state index >= 15 is 0 Å². The summed E-state index contributed by atoms with van der Waals surface area (Å²) in [7, 11) is -3.62. The molecule has 0 bridgehead atoms. The first-order valence-electron chi connectivity index (χ1n) is 11.9. The molecule has 1 aromatic heterocycles. The molecule has 1 fully saturated rings. The van der Waals surface area contributed by atoms with Crippen LogP contribution in [0.25, 0.3) is 11.3 Å². The van der Waals surface area contributed by atoms with Crippen molar-refractivity contribution >= 4 is 10.0 Å². The number of aliphatic hydroxyl groups is 1. The molecular formula is C27H33N3O4S. The molecule has 0 spiro atoms. The highest BCUT2D eigenvalue weighted by Gasteiger charge is 2.32. The van der Waals surface area contributed by atoms with Crippen molar-refractivity contribution in [1.82, 2.24) is 15.0 Å². The number of sulfonamides is 1. The van der Waals surface area contributed by atoms with Gasteiger partial charge in [0.05, 0.1) is 16.5 Å². The number of benzene rings is 2. The molecule has 4 rings (SSSR count). The summed E-state index contributed by atoms with van der Waals surface area (Å²) in [5.74, 6) is 0.214. The fourth-order valence-corrected chi connectivity index (χ4v) is 5.93. The van der Waals surface area contributed by atoms with Gasteiger partial charge in [0.1, 0.15) is 12.0 Å². The molecule has 0 amide bonds. The average Bonchev–Trinajstić information content (AvgIpc) is 3.38. The van der Waals surface area contributed by atoms with Crippen molar-refractivity contribution in [3.05, 3.63) is 85.1 Å². The standard InChI is InChI=1S/C27H33N3O4S/c1-19(29-26(27(2,3)31)22-7-5-4-6-8-22)20-9-13-23(14-10-20)30-35(32,33)24-15-11-21(12-16-24)25-17-34-18-28-25/h4-8,11-12,15-18,20,23,26,29-31H,1,9-10,13-14H2,2-3H3/t20?,23?,26-/m0/s1. The lowest BCUT2D eigenvalue weighted by Crippen LogP contribution is -2.42. The molecule has 1 heterocycles. The van der Waals surface area contributed by atoms with Gasteiger partial charge in [0.25, 0.3) is 0 Å². The van der Waals surface area contributed by atoms with Crippen LogP contribution in [0.3, 0.4) is 0 Å². The van der Waals surface area contributed by atoms with Crippen LogP contribution >= 0.6 is 0 Å². The summed E-state index contributed by atoms with van der Waals surface area (Å²) in [6, 6.07) is 16.1. The maximum atomic E-state index is 12.9. The summed E-state index contributed by atoms with van der Waals surface area (Å²) < 4.78 is 33.7. The first kappa shape index (κ1) is 25.2. The van der Waals surface area contributed by atoms with Crippen molar-refractivity contribution < 1.29 is 17.9 Å². The highest BCUT2D eigenvalue weighted by atomic mass is 32.2. The molecule has 8 heteroatoms. The minimum absolute atomic E-state index is 0.126. The Bertz CT molecular complexity index is 1210. The zero-order chi connectivity index (χ0) is 25.1. The Morgan fingerprint density at radius 1 is 1.09 bits per heavy atom. The normalized spacial score (nSPS) is 19.7. The van der Waals surface area contributed by atoms with E-state index in [-0.39, 0.29) is 22.9 Å². The molecule has 3 aromatic rings. The molecular weight excluding hydrogens is 462 g/mol. The van der Waals surface area contributed by atoms with E-state index in [1.54, 1.807) is 38.1 Å². The van der Waals surface area contributed by atoms with Crippen LogP contribution in [0, 0.1) is 5.92 Å². The maximum Gasteiger partial charge on any atom is 0.240 e. The van der Waals surface area contributed by atoms with Gasteiger partial charge in [0, 0.05) is 17.3 Å². The Balaban J connectivity index is 1.33. The van der Waals surface area contributed by atoms with E-state index < -0.39 is 15.6 Å². The number of hydrogen-bond acceptors (Lipinski definition) is 6. The molecule has 3 N–H and O–H groups in total. The van der Waals surface area contributed by atoms with Crippen LogP contribution in [0.15, 0.2) is 88.8 Å². The third-order valence-corrected chi connectivity index (χ3v) is 8.14. The lowest BCUT2D eigenvalue weighted by atomic mass is 9.83. The number of allylic oxidation sites excluding steroid dienone is 1. The van der Waals surface area contributed by atoms with E-state index in [1.165, 1.54) is 12.7 Å². The van der Waals surface area contributed by atoms with Crippen molar-refractivity contribution in [2.45, 2.75) is 62.1 Å². The minimum Gasteiger partial charge on any atom is -0.451 e. The fraction of sp³-hybridized carbons (Fsp3) is 0.370. The van der Waals surface area contributed by atoms with Crippen molar-refractivity contribution in [3.8, 4) is 11.3 Å². The van der Waals surface area contributed by atoms with Gasteiger partial charge in [0.2, 0.25) is 10.0 Å². The third kappa shape index (κ3) is 6.20. The second kappa shape index (κ2) is 10.4. The summed E-state index contributed by atoms with van der Waals surface area (Å²) >= 11 is 0. The largest absolute Gasteiger partial charge is 0.451 e. The van der Waals surface area contributed by atoms with Gasteiger partial charge in [-0.05, 0) is 63.1 Å². The van der Waals surface area contributed by atoms with Gasteiger partial charge < -0.3 is 14.8 Å². The Morgan fingerprint density at radius 3 is 2.31 bits per heavy atom. The number of nitrogens with zero attached hydrogens (tertiary/aromatic N) is 1. The molecule has 0 radical (unpaired) electrons. The molecule has 1 aliphatic carbocycles. The maximum absolute atomic E-state index is 12.9. The predicted octanol–water partition coefficient (Wildman–Crippen LogP) is 4.79. The lowest BCUT2D eigenvalue weighted by Gasteiger charge is -2.36. The molecule has 0 saturated heterocycles. The third-order valence-electron chi connectivity index (χ3n) is 6.60. The van der Waals surface area contributed by atoms with Crippen molar-refractivity contribution in [2.24, 2.45) is 5.92 Å². The summed E-state index contributed by atoms with van der Waals surface area (Å²) in [5, 5.41) is 14.2. The van der Waals surface area contributed by atoms with Gasteiger partial charge in [0.15, 0.2) is 6.39 Å². The second-order valence-corrected chi connectivity index (χ2v) is 11.4. The zero-order valence-electron chi connectivity index (χ0n) is 20.1. The van der Waals surface area contributed by atoms with Crippen LogP contribution in [0.2, 0.25) is 0 Å². The highest BCUT2D eigenvalue weighted by molar-refractivity contribution is 7.89. The molecule has 0 unspecified atom stereocenters. The van der Waals surface area contributed by atoms with E-state index in [4.69, 9.17) is 4.42 Å². The summed E-state index contributed by atoms with van der Waals surface area (Å²) in [5.41, 5.74) is 2.36. The van der Waals surface area contributed by atoms with E-state index in [0.717, 1.165) is 42.5 Å². The van der Waals surface area contributed by atoms with Crippen molar-refractivity contribution in [1.29, 1.82) is 0 Å². The van der Waals surface area contributed by atoms with Gasteiger partial charge in [-0.1, -0.05) is 49.0 Å². The SMILES string of the molecule is C=C(N[C@@H](c1ccccc1)C(C)(C)O)C1CCC(NS(=O)(=O)c2ccc(-c3cocn3)cc2)CC1. The van der Waals surface area contributed by atoms with E-state index in [9.17, 15) is 13.5 Å². The quantitative estimate of drug-likeness (QED) is 0.394. The molecule has 1 aliphatic rings. The summed E-state index contributed by atoms with van der Waals surface area (Å²) in [4.78, 5) is 4.31. The molecule has 2 aromatic carbocycles. The van der Waals surface area contributed by atoms with Crippen LogP contribution in [-0.4, -0.2) is 30.2 Å². The number of oxazole rings is 1. The van der Waals surface area contributed by atoms with Crippen LogP contribution < -0.4 is 10.0 Å². The number of rotatable bonds is 9. The van der Waals surface area contributed by atoms with Crippen LogP contribution in [-0.2, 0) is 10.0 Å². The topological polar surface area (TPSA) is 104 Å². The Morgan fingerprint density at radius 2 is 1.74 bits per heavy atom. The van der Waals surface area contributed by atoms with Crippen LogP contribution in [0.5, 0.6) is 0 Å². The van der Waals surface area contributed by atoms with Gasteiger partial charge in [-0.25, -0.2) is 18.1 Å².